The molecule has 2 saturated heterocycles. The number of nitrogens with two attached hydrogens (primary N) is 1. The van der Waals surface area contributed by atoms with Gasteiger partial charge < -0.3 is 5.73 Å². The van der Waals surface area contributed by atoms with Crippen molar-refractivity contribution in [3.05, 3.63) is 17.5 Å². The number of hydrogen-bond acceptors (Lipinski definition) is 3. The second-order valence-corrected chi connectivity index (χ2v) is 5.88. The Balaban J connectivity index is 1.77. The van der Waals surface area contributed by atoms with Crippen LogP contribution in [-0.4, -0.2) is 32.8 Å². The number of aryl methyl sites for hydroxylation is 2. The van der Waals surface area contributed by atoms with Crippen LogP contribution in [0.4, 0.5) is 0 Å². The van der Waals surface area contributed by atoms with Crippen LogP contribution in [0.25, 0.3) is 0 Å². The van der Waals surface area contributed by atoms with Crippen LogP contribution in [0.5, 0.6) is 0 Å². The summed E-state index contributed by atoms with van der Waals surface area (Å²) < 4.78 is 2.14. The van der Waals surface area contributed by atoms with Crippen LogP contribution in [0.3, 0.4) is 0 Å². The van der Waals surface area contributed by atoms with Gasteiger partial charge in [-0.15, -0.1) is 0 Å². The fourth-order valence-corrected chi connectivity index (χ4v) is 3.76. The van der Waals surface area contributed by atoms with E-state index in [9.17, 15) is 0 Å². The Morgan fingerprint density at radius 3 is 2.61 bits per heavy atom. The molecule has 0 aliphatic carbocycles. The summed E-state index contributed by atoms with van der Waals surface area (Å²) in [5.41, 5.74) is 8.62. The summed E-state index contributed by atoms with van der Waals surface area (Å²) in [6.45, 7) is 6.26. The Bertz CT molecular complexity index is 411. The predicted molar refractivity (Wildman–Crippen MR) is 72.2 cm³/mol. The maximum atomic E-state index is 6.13. The van der Waals surface area contributed by atoms with Gasteiger partial charge in [-0.2, -0.15) is 5.10 Å². The second-order valence-electron chi connectivity index (χ2n) is 5.88. The van der Waals surface area contributed by atoms with Crippen molar-refractivity contribution in [1.29, 1.82) is 0 Å². The van der Waals surface area contributed by atoms with Gasteiger partial charge in [-0.25, -0.2) is 0 Å². The maximum Gasteiger partial charge on any atom is 0.0597 e. The van der Waals surface area contributed by atoms with Gasteiger partial charge in [0.1, 0.15) is 0 Å². The van der Waals surface area contributed by atoms with Gasteiger partial charge in [0.15, 0.2) is 0 Å². The first kappa shape index (κ1) is 12.2. The van der Waals surface area contributed by atoms with Crippen molar-refractivity contribution in [3.63, 3.8) is 0 Å². The fraction of sp³-hybridized carbons (Fsp3) is 0.786. The second kappa shape index (κ2) is 4.67. The van der Waals surface area contributed by atoms with Gasteiger partial charge in [-0.1, -0.05) is 0 Å². The van der Waals surface area contributed by atoms with Crippen molar-refractivity contribution in [1.82, 2.24) is 14.7 Å². The van der Waals surface area contributed by atoms with E-state index in [0.717, 1.165) is 18.8 Å². The summed E-state index contributed by atoms with van der Waals surface area (Å²) in [6.07, 6.45) is 5.01. The molecule has 3 heterocycles. The number of hydrogen-bond donors (Lipinski definition) is 1. The lowest BCUT2D eigenvalue weighted by Crippen LogP contribution is -2.47. The van der Waals surface area contributed by atoms with E-state index in [-0.39, 0.29) is 0 Å². The lowest BCUT2D eigenvalue weighted by molar-refractivity contribution is 0.116. The van der Waals surface area contributed by atoms with Crippen LogP contribution in [0.1, 0.15) is 44.0 Å². The topological polar surface area (TPSA) is 47.1 Å². The molecule has 2 aliphatic heterocycles. The van der Waals surface area contributed by atoms with Crippen LogP contribution in [0.2, 0.25) is 0 Å². The summed E-state index contributed by atoms with van der Waals surface area (Å²) in [4.78, 5) is 2.67. The first-order chi connectivity index (χ1) is 8.67. The Morgan fingerprint density at radius 2 is 2.00 bits per heavy atom. The molecule has 2 atom stereocenters. The highest BCUT2D eigenvalue weighted by atomic mass is 15.3. The van der Waals surface area contributed by atoms with Crippen LogP contribution >= 0.6 is 0 Å². The van der Waals surface area contributed by atoms with E-state index in [1.165, 1.54) is 31.4 Å². The summed E-state index contributed by atoms with van der Waals surface area (Å²) in [7, 11) is 0. The van der Waals surface area contributed by atoms with E-state index in [2.05, 4.69) is 34.6 Å². The number of rotatable bonds is 3. The van der Waals surface area contributed by atoms with Crippen LogP contribution in [-0.2, 0) is 13.1 Å². The highest BCUT2D eigenvalue weighted by Crippen LogP contribution is 2.36. The average molecular weight is 248 g/mol. The van der Waals surface area contributed by atoms with Gasteiger partial charge in [-0.05, 0) is 45.6 Å². The molecule has 0 saturated carbocycles. The van der Waals surface area contributed by atoms with Crippen LogP contribution < -0.4 is 5.73 Å². The van der Waals surface area contributed by atoms with Gasteiger partial charge in [0, 0.05) is 31.2 Å². The third-order valence-corrected chi connectivity index (χ3v) is 4.55. The minimum atomic E-state index is 0.427. The van der Waals surface area contributed by atoms with Gasteiger partial charge in [0.05, 0.1) is 11.4 Å². The van der Waals surface area contributed by atoms with Gasteiger partial charge in [-0.3, -0.25) is 9.58 Å². The normalized spacial score (nSPS) is 32.1. The minimum absolute atomic E-state index is 0.427. The smallest absolute Gasteiger partial charge is 0.0597 e. The summed E-state index contributed by atoms with van der Waals surface area (Å²) in [5, 5.41) is 4.55. The summed E-state index contributed by atoms with van der Waals surface area (Å²) in [6, 6.07) is 4.08. The molecule has 0 spiro atoms. The van der Waals surface area contributed by atoms with E-state index in [0.29, 0.717) is 18.1 Å². The molecule has 2 unspecified atom stereocenters. The van der Waals surface area contributed by atoms with E-state index >= 15 is 0 Å². The van der Waals surface area contributed by atoms with E-state index in [1.54, 1.807) is 0 Å². The first-order valence-electron chi connectivity index (χ1n) is 7.22. The van der Waals surface area contributed by atoms with Gasteiger partial charge in [0.2, 0.25) is 0 Å². The molecule has 1 aromatic heterocycles. The molecule has 2 aliphatic rings. The van der Waals surface area contributed by atoms with Crippen molar-refractivity contribution in [2.24, 2.45) is 5.73 Å². The molecule has 3 rings (SSSR count). The largest absolute Gasteiger partial charge is 0.328 e. The molecular weight excluding hydrogens is 224 g/mol. The van der Waals surface area contributed by atoms with Crippen LogP contribution in [0.15, 0.2) is 6.07 Å². The standard InChI is InChI=1S/C14H24N4/c1-3-18-14(6-10(2)16-18)9-17-12-4-5-13(17)8-11(15)7-12/h6,11-13H,3-5,7-9,15H2,1-2H3. The molecule has 2 fully saturated rings. The number of aromatic nitrogens is 2. The lowest BCUT2D eigenvalue weighted by atomic mass is 9.98. The zero-order valence-electron chi connectivity index (χ0n) is 11.5. The van der Waals surface area contributed by atoms with Crippen LogP contribution in [0, 0.1) is 6.92 Å². The summed E-state index contributed by atoms with van der Waals surface area (Å²) >= 11 is 0. The quantitative estimate of drug-likeness (QED) is 0.885. The van der Waals surface area contributed by atoms with Gasteiger partial charge >= 0.3 is 0 Å². The highest BCUT2D eigenvalue weighted by molar-refractivity contribution is 5.10. The summed E-state index contributed by atoms with van der Waals surface area (Å²) in [5.74, 6) is 0. The van der Waals surface area contributed by atoms with Crippen molar-refractivity contribution in [2.75, 3.05) is 0 Å². The zero-order chi connectivity index (χ0) is 12.7. The predicted octanol–water partition coefficient (Wildman–Crippen LogP) is 1.67. The lowest BCUT2D eigenvalue weighted by Gasteiger charge is -2.37. The first-order valence-corrected chi connectivity index (χ1v) is 7.22. The van der Waals surface area contributed by atoms with E-state index in [4.69, 9.17) is 5.73 Å². The fourth-order valence-electron chi connectivity index (χ4n) is 3.76. The Morgan fingerprint density at radius 1 is 1.33 bits per heavy atom. The monoisotopic (exact) mass is 248 g/mol. The molecule has 2 N–H and O–H groups in total. The zero-order valence-corrected chi connectivity index (χ0v) is 11.5. The number of nitrogens with zero attached hydrogens (tertiary/aromatic N) is 3. The van der Waals surface area contributed by atoms with Crippen molar-refractivity contribution in [3.8, 4) is 0 Å². The molecule has 4 heteroatoms. The van der Waals surface area contributed by atoms with Crippen molar-refractivity contribution < 1.29 is 0 Å². The molecule has 100 valence electrons. The third kappa shape index (κ3) is 2.08. The molecule has 1 aromatic rings. The molecule has 0 radical (unpaired) electrons. The minimum Gasteiger partial charge on any atom is -0.328 e. The van der Waals surface area contributed by atoms with E-state index < -0.39 is 0 Å². The maximum absolute atomic E-state index is 6.13. The van der Waals surface area contributed by atoms with Crippen molar-refractivity contribution >= 4 is 0 Å². The number of fused-ring (bicyclic) bond motifs is 2. The highest BCUT2D eigenvalue weighted by Gasteiger charge is 2.39. The third-order valence-electron chi connectivity index (χ3n) is 4.55. The Labute approximate surface area is 109 Å². The molecule has 0 amide bonds. The Hall–Kier alpha value is -0.870. The Kier molecular flexibility index (Phi) is 3.16. The molecule has 4 nitrogen and oxygen atoms in total. The average Bonchev–Trinajstić information content (AvgIpc) is 2.79. The number of piperidine rings is 1. The van der Waals surface area contributed by atoms with E-state index in [1.807, 2.05) is 0 Å². The molecule has 18 heavy (non-hydrogen) atoms. The molecule has 0 aromatic carbocycles. The molecule has 2 bridgehead atoms. The molecular formula is C14H24N4. The van der Waals surface area contributed by atoms with Crippen molar-refractivity contribution in [2.45, 2.75) is 70.7 Å². The van der Waals surface area contributed by atoms with Gasteiger partial charge in [0.25, 0.3) is 0 Å². The SMILES string of the molecule is CCn1nc(C)cc1CN1C2CCC1CC(N)C2.